The van der Waals surface area contributed by atoms with Gasteiger partial charge in [-0.2, -0.15) is 0 Å². The Balaban J connectivity index is 1.62. The second-order valence-corrected chi connectivity index (χ2v) is 6.64. The zero-order valence-electron chi connectivity index (χ0n) is 14.7. The lowest BCUT2D eigenvalue weighted by Crippen LogP contribution is -2.23. The van der Waals surface area contributed by atoms with Gasteiger partial charge in [-0.15, -0.1) is 0 Å². The van der Waals surface area contributed by atoms with E-state index in [4.69, 9.17) is 11.6 Å². The third-order valence-corrected chi connectivity index (χ3v) is 4.80. The Morgan fingerprint density at radius 3 is 2.81 bits per heavy atom. The van der Waals surface area contributed by atoms with E-state index < -0.39 is 0 Å². The molecule has 6 heteroatoms. The summed E-state index contributed by atoms with van der Waals surface area (Å²) >= 11 is 6.15. The fourth-order valence-corrected chi connectivity index (χ4v) is 3.16. The monoisotopic (exact) mass is 376 g/mol. The number of rotatable bonds is 4. The van der Waals surface area contributed by atoms with Crippen LogP contribution in [-0.4, -0.2) is 20.4 Å². The molecule has 1 N–H and O–H groups in total. The van der Waals surface area contributed by atoms with Crippen molar-refractivity contribution in [3.05, 3.63) is 88.8 Å². The van der Waals surface area contributed by atoms with Crippen LogP contribution in [0.2, 0.25) is 5.02 Å². The van der Waals surface area contributed by atoms with E-state index >= 15 is 0 Å². The molecule has 0 bridgehead atoms. The van der Waals surface area contributed by atoms with Crippen LogP contribution in [0.25, 0.3) is 16.9 Å². The van der Waals surface area contributed by atoms with Crippen LogP contribution in [0.5, 0.6) is 0 Å². The zero-order chi connectivity index (χ0) is 18.8. The lowest BCUT2D eigenvalue weighted by atomic mass is 10.1. The van der Waals surface area contributed by atoms with E-state index in [9.17, 15) is 4.79 Å². The predicted octanol–water partition coefficient (Wildman–Crippen LogP) is 4.31. The summed E-state index contributed by atoms with van der Waals surface area (Å²) < 4.78 is 1.90. The molecular formula is C21H17ClN4O. The van der Waals surface area contributed by atoms with Crippen molar-refractivity contribution in [3.63, 3.8) is 0 Å². The molecule has 4 rings (SSSR count). The number of carbonyl (C=O) groups excluding carboxylic acids is 1. The number of nitrogens with zero attached hydrogens (tertiary/aromatic N) is 3. The second kappa shape index (κ2) is 7.21. The van der Waals surface area contributed by atoms with Gasteiger partial charge in [0.1, 0.15) is 11.8 Å². The largest absolute Gasteiger partial charge is 0.348 e. The van der Waals surface area contributed by atoms with Crippen LogP contribution in [0.3, 0.4) is 0 Å². The molecule has 0 aliphatic rings. The van der Waals surface area contributed by atoms with Crippen LogP contribution in [0.1, 0.15) is 21.5 Å². The lowest BCUT2D eigenvalue weighted by molar-refractivity contribution is 0.0951. The molecule has 0 saturated carbocycles. The molecule has 1 amide bonds. The lowest BCUT2D eigenvalue weighted by Gasteiger charge is -2.11. The van der Waals surface area contributed by atoms with Crippen LogP contribution in [0, 0.1) is 6.92 Å². The van der Waals surface area contributed by atoms with Crippen molar-refractivity contribution in [2.24, 2.45) is 0 Å². The maximum absolute atomic E-state index is 12.6. The summed E-state index contributed by atoms with van der Waals surface area (Å²) in [6, 6.07) is 16.8. The van der Waals surface area contributed by atoms with Gasteiger partial charge in [0.15, 0.2) is 5.65 Å². The van der Waals surface area contributed by atoms with Gasteiger partial charge >= 0.3 is 0 Å². The van der Waals surface area contributed by atoms with Crippen molar-refractivity contribution in [2.45, 2.75) is 13.5 Å². The molecular weight excluding hydrogens is 360 g/mol. The van der Waals surface area contributed by atoms with Crippen LogP contribution < -0.4 is 5.32 Å². The highest BCUT2D eigenvalue weighted by Crippen LogP contribution is 2.21. The van der Waals surface area contributed by atoms with Gasteiger partial charge in [-0.25, -0.2) is 9.97 Å². The standard InChI is InChI=1S/C21H17ClN4O/c1-14-8-9-15(21(27)24-12-16-5-2-3-6-17(16)22)11-19(14)26-13-25-18-7-4-10-23-20(18)26/h2-11,13H,12H2,1H3,(H,24,27). The summed E-state index contributed by atoms with van der Waals surface area (Å²) in [4.78, 5) is 21.4. The molecule has 134 valence electrons. The number of fused-ring (bicyclic) bond motifs is 1. The summed E-state index contributed by atoms with van der Waals surface area (Å²) in [5.74, 6) is -0.159. The Morgan fingerprint density at radius 2 is 1.96 bits per heavy atom. The number of aromatic nitrogens is 3. The zero-order valence-corrected chi connectivity index (χ0v) is 15.4. The second-order valence-electron chi connectivity index (χ2n) is 6.24. The van der Waals surface area contributed by atoms with Crippen molar-refractivity contribution in [2.75, 3.05) is 0 Å². The summed E-state index contributed by atoms with van der Waals surface area (Å²) in [5, 5.41) is 3.56. The first-order valence-corrected chi connectivity index (χ1v) is 8.92. The number of nitrogens with one attached hydrogen (secondary N) is 1. The van der Waals surface area contributed by atoms with Crippen LogP contribution in [-0.2, 0) is 6.54 Å². The topological polar surface area (TPSA) is 59.8 Å². The molecule has 0 atom stereocenters. The van der Waals surface area contributed by atoms with Gasteiger partial charge < -0.3 is 5.32 Å². The molecule has 2 aromatic carbocycles. The molecule has 27 heavy (non-hydrogen) atoms. The van der Waals surface area contributed by atoms with Gasteiger partial charge in [0.2, 0.25) is 0 Å². The van der Waals surface area contributed by atoms with Gasteiger partial charge in [-0.1, -0.05) is 35.9 Å². The minimum Gasteiger partial charge on any atom is -0.348 e. The number of pyridine rings is 1. The molecule has 0 aliphatic heterocycles. The fourth-order valence-electron chi connectivity index (χ4n) is 2.96. The average molecular weight is 377 g/mol. The highest BCUT2D eigenvalue weighted by molar-refractivity contribution is 6.31. The normalized spacial score (nSPS) is 10.9. The third-order valence-electron chi connectivity index (χ3n) is 4.43. The first kappa shape index (κ1) is 17.2. The maximum Gasteiger partial charge on any atom is 0.251 e. The van der Waals surface area contributed by atoms with Gasteiger partial charge in [0.25, 0.3) is 5.91 Å². The van der Waals surface area contributed by atoms with Gasteiger partial charge in [-0.3, -0.25) is 9.36 Å². The Morgan fingerprint density at radius 1 is 1.11 bits per heavy atom. The summed E-state index contributed by atoms with van der Waals surface area (Å²) in [6.45, 7) is 2.37. The van der Waals surface area contributed by atoms with E-state index in [0.717, 1.165) is 28.0 Å². The van der Waals surface area contributed by atoms with Crippen molar-refractivity contribution < 1.29 is 4.79 Å². The maximum atomic E-state index is 12.6. The highest BCUT2D eigenvalue weighted by atomic mass is 35.5. The number of halogens is 1. The average Bonchev–Trinajstić information content (AvgIpc) is 3.11. The Labute approximate surface area is 161 Å². The van der Waals surface area contributed by atoms with Crippen LogP contribution >= 0.6 is 11.6 Å². The quantitative estimate of drug-likeness (QED) is 0.577. The van der Waals surface area contributed by atoms with Crippen molar-refractivity contribution in [3.8, 4) is 5.69 Å². The van der Waals surface area contributed by atoms with Crippen molar-refractivity contribution in [1.82, 2.24) is 19.9 Å². The molecule has 0 spiro atoms. The number of hydrogen-bond donors (Lipinski definition) is 1. The van der Waals surface area contributed by atoms with Crippen molar-refractivity contribution >= 4 is 28.7 Å². The Kier molecular flexibility index (Phi) is 4.60. The Hall–Kier alpha value is -3.18. The first-order valence-electron chi connectivity index (χ1n) is 8.54. The van der Waals surface area contributed by atoms with Crippen LogP contribution in [0.15, 0.2) is 67.1 Å². The number of benzene rings is 2. The van der Waals surface area contributed by atoms with E-state index in [1.165, 1.54) is 0 Å². The summed E-state index contributed by atoms with van der Waals surface area (Å²) in [7, 11) is 0. The summed E-state index contributed by atoms with van der Waals surface area (Å²) in [6.07, 6.45) is 3.46. The molecule has 0 fully saturated rings. The Bertz CT molecular complexity index is 1140. The SMILES string of the molecule is Cc1ccc(C(=O)NCc2ccccc2Cl)cc1-n1cnc2cccnc21. The predicted molar refractivity (Wildman–Crippen MR) is 106 cm³/mol. The number of amides is 1. The van der Waals surface area contributed by atoms with Crippen molar-refractivity contribution in [1.29, 1.82) is 0 Å². The molecule has 5 nitrogen and oxygen atoms in total. The smallest absolute Gasteiger partial charge is 0.251 e. The molecule has 2 aromatic heterocycles. The fraction of sp³-hybridized carbons (Fsp3) is 0.0952. The molecule has 0 unspecified atom stereocenters. The molecule has 4 aromatic rings. The summed E-state index contributed by atoms with van der Waals surface area (Å²) in [5.41, 5.74) is 4.92. The van der Waals surface area contributed by atoms with Gasteiger partial charge in [0, 0.05) is 23.3 Å². The number of imidazole rings is 1. The van der Waals surface area contributed by atoms with E-state index in [2.05, 4.69) is 15.3 Å². The number of carbonyl (C=O) groups is 1. The first-order chi connectivity index (χ1) is 13.1. The molecule has 0 aliphatic carbocycles. The van der Waals surface area contributed by atoms with E-state index in [-0.39, 0.29) is 5.91 Å². The van der Waals surface area contributed by atoms with Gasteiger partial charge in [0.05, 0.1) is 5.69 Å². The number of aryl methyl sites for hydroxylation is 1. The number of hydrogen-bond acceptors (Lipinski definition) is 3. The molecule has 2 heterocycles. The highest BCUT2D eigenvalue weighted by Gasteiger charge is 2.12. The van der Waals surface area contributed by atoms with Gasteiger partial charge in [-0.05, 0) is 48.4 Å². The minimum absolute atomic E-state index is 0.159. The minimum atomic E-state index is -0.159. The van der Waals surface area contributed by atoms with E-state index in [0.29, 0.717) is 17.1 Å². The van der Waals surface area contributed by atoms with Crippen LogP contribution in [0.4, 0.5) is 0 Å². The van der Waals surface area contributed by atoms with E-state index in [1.54, 1.807) is 12.5 Å². The molecule has 0 saturated heterocycles. The third kappa shape index (κ3) is 3.41. The molecule has 0 radical (unpaired) electrons. The van der Waals surface area contributed by atoms with E-state index in [1.807, 2.05) is 66.1 Å².